The molecule has 0 radical (unpaired) electrons. The van der Waals surface area contributed by atoms with Gasteiger partial charge in [0.15, 0.2) is 0 Å². The Kier molecular flexibility index (Phi) is 1.57. The molecule has 15 heavy (non-hydrogen) atoms. The van der Waals surface area contributed by atoms with Crippen LogP contribution in [0.3, 0.4) is 0 Å². The molecular weight excluding hydrogens is 184 g/mol. The van der Waals surface area contributed by atoms with Crippen LogP contribution in [0.25, 0.3) is 0 Å². The highest BCUT2D eigenvalue weighted by Gasteiger charge is 2.66. The summed E-state index contributed by atoms with van der Waals surface area (Å²) in [5, 5.41) is 10.5. The highest BCUT2D eigenvalue weighted by molar-refractivity contribution is 5.14. The molecule has 9 atom stereocenters. The Morgan fingerprint density at radius 1 is 0.733 bits per heavy atom. The summed E-state index contributed by atoms with van der Waals surface area (Å²) in [6.07, 6.45) is 4.35. The molecule has 0 spiro atoms. The molecule has 1 N–H and O–H groups in total. The number of fused-ring (bicyclic) bond motifs is 7. The maximum absolute atomic E-state index is 10.5. The third-order valence-corrected chi connectivity index (χ3v) is 6.39. The van der Waals surface area contributed by atoms with Crippen molar-refractivity contribution >= 4 is 0 Å². The Bertz CT molecular complexity index is 300. The largest absolute Gasteiger partial charge is 0.393 e. The van der Waals surface area contributed by atoms with E-state index in [0.717, 1.165) is 35.5 Å². The number of hydrogen-bond acceptors (Lipinski definition) is 1. The molecule has 0 aliphatic heterocycles. The van der Waals surface area contributed by atoms with Gasteiger partial charge in [-0.1, -0.05) is 13.8 Å². The minimum atomic E-state index is 0.0752. The molecule has 0 saturated heterocycles. The number of aliphatic hydroxyl groups excluding tert-OH is 1. The Labute approximate surface area is 92.3 Å². The Balaban J connectivity index is 1.72. The van der Waals surface area contributed by atoms with E-state index in [1.165, 1.54) is 19.3 Å². The molecule has 9 unspecified atom stereocenters. The van der Waals surface area contributed by atoms with Crippen LogP contribution in [0.1, 0.15) is 33.1 Å². The van der Waals surface area contributed by atoms with Crippen molar-refractivity contribution in [2.75, 3.05) is 0 Å². The topological polar surface area (TPSA) is 20.2 Å². The van der Waals surface area contributed by atoms with Gasteiger partial charge in [0, 0.05) is 0 Å². The highest BCUT2D eigenvalue weighted by atomic mass is 16.3. The Morgan fingerprint density at radius 2 is 1.33 bits per heavy atom. The van der Waals surface area contributed by atoms with Crippen LogP contribution in [0.2, 0.25) is 0 Å². The lowest BCUT2D eigenvalue weighted by molar-refractivity contribution is -0.0189. The fourth-order valence-electron chi connectivity index (χ4n) is 5.65. The van der Waals surface area contributed by atoms with E-state index in [2.05, 4.69) is 13.8 Å². The third-order valence-electron chi connectivity index (χ3n) is 6.39. The van der Waals surface area contributed by atoms with Crippen LogP contribution in [0, 0.1) is 47.3 Å². The maximum Gasteiger partial charge on any atom is 0.0607 e. The molecule has 4 aliphatic rings. The second-order valence-electron chi connectivity index (χ2n) is 6.96. The predicted molar refractivity (Wildman–Crippen MR) is 59.1 cm³/mol. The third kappa shape index (κ3) is 0.945. The van der Waals surface area contributed by atoms with E-state index in [0.29, 0.717) is 11.8 Å². The molecule has 0 aromatic rings. The van der Waals surface area contributed by atoms with Crippen LogP contribution in [0.15, 0.2) is 0 Å². The van der Waals surface area contributed by atoms with Gasteiger partial charge in [-0.05, 0) is 66.6 Å². The predicted octanol–water partition coefficient (Wildman–Crippen LogP) is 2.54. The first-order valence-electron chi connectivity index (χ1n) is 6.86. The summed E-state index contributed by atoms with van der Waals surface area (Å²) >= 11 is 0. The molecule has 1 nitrogen and oxygen atoms in total. The van der Waals surface area contributed by atoms with Crippen molar-refractivity contribution in [1.29, 1.82) is 0 Å². The average molecular weight is 206 g/mol. The number of rotatable bonds is 0. The standard InChI is InChI=1S/C14H22O/c1-6-3-9-8(6)4-7(2)12-10-5-11(10)13(9)14(12)15/h6-15H,3-5H2,1-2H3. The molecule has 4 fully saturated rings. The maximum atomic E-state index is 10.5. The van der Waals surface area contributed by atoms with Gasteiger partial charge in [-0.2, -0.15) is 0 Å². The van der Waals surface area contributed by atoms with Gasteiger partial charge in [0.1, 0.15) is 0 Å². The van der Waals surface area contributed by atoms with Gasteiger partial charge in [-0.3, -0.25) is 0 Å². The lowest BCUT2D eigenvalue weighted by Crippen LogP contribution is -2.42. The summed E-state index contributed by atoms with van der Waals surface area (Å²) in [7, 11) is 0. The summed E-state index contributed by atoms with van der Waals surface area (Å²) in [5.41, 5.74) is 0. The minimum absolute atomic E-state index is 0.0752. The van der Waals surface area contributed by atoms with Gasteiger partial charge in [0.05, 0.1) is 6.10 Å². The molecule has 1 heteroatoms. The quantitative estimate of drug-likeness (QED) is 0.646. The second kappa shape index (κ2) is 2.61. The molecule has 0 aromatic carbocycles. The molecule has 84 valence electrons. The fourth-order valence-corrected chi connectivity index (χ4v) is 5.65. The first-order valence-corrected chi connectivity index (χ1v) is 6.86. The summed E-state index contributed by atoms with van der Waals surface area (Å²) in [6, 6.07) is 0. The van der Waals surface area contributed by atoms with Gasteiger partial charge < -0.3 is 5.11 Å². The molecule has 4 rings (SSSR count). The zero-order chi connectivity index (χ0) is 10.3. The van der Waals surface area contributed by atoms with Crippen molar-refractivity contribution in [3.63, 3.8) is 0 Å². The molecule has 0 aromatic heterocycles. The van der Waals surface area contributed by atoms with Crippen molar-refractivity contribution in [3.8, 4) is 0 Å². The molecule has 0 amide bonds. The van der Waals surface area contributed by atoms with Crippen molar-refractivity contribution < 1.29 is 5.11 Å². The Morgan fingerprint density at radius 3 is 2.07 bits per heavy atom. The van der Waals surface area contributed by atoms with Gasteiger partial charge >= 0.3 is 0 Å². The highest BCUT2D eigenvalue weighted by Crippen LogP contribution is 2.69. The van der Waals surface area contributed by atoms with E-state index in [1.54, 1.807) is 0 Å². The summed E-state index contributed by atoms with van der Waals surface area (Å²) in [6.45, 7) is 4.82. The van der Waals surface area contributed by atoms with Crippen LogP contribution < -0.4 is 0 Å². The normalized spacial score (nSPS) is 70.2. The second-order valence-corrected chi connectivity index (χ2v) is 6.96. The van der Waals surface area contributed by atoms with Gasteiger partial charge in [-0.15, -0.1) is 0 Å². The van der Waals surface area contributed by atoms with Crippen molar-refractivity contribution in [2.45, 2.75) is 39.2 Å². The molecular formula is C14H22O. The van der Waals surface area contributed by atoms with Crippen molar-refractivity contribution in [1.82, 2.24) is 0 Å². The zero-order valence-electron chi connectivity index (χ0n) is 9.76. The fraction of sp³-hybridized carbons (Fsp3) is 1.00. The average Bonchev–Trinajstić information content (AvgIpc) is 2.88. The summed E-state index contributed by atoms with van der Waals surface area (Å²) in [5.74, 6) is 6.86. The van der Waals surface area contributed by atoms with Gasteiger partial charge in [-0.25, -0.2) is 0 Å². The lowest BCUT2D eigenvalue weighted by atomic mass is 9.58. The van der Waals surface area contributed by atoms with Crippen molar-refractivity contribution in [3.05, 3.63) is 0 Å². The van der Waals surface area contributed by atoms with Gasteiger partial charge in [0.2, 0.25) is 0 Å². The van der Waals surface area contributed by atoms with Crippen molar-refractivity contribution in [2.24, 2.45) is 47.3 Å². The van der Waals surface area contributed by atoms with E-state index in [1.807, 2.05) is 0 Å². The van der Waals surface area contributed by atoms with E-state index >= 15 is 0 Å². The first kappa shape index (κ1) is 9.04. The summed E-state index contributed by atoms with van der Waals surface area (Å²) in [4.78, 5) is 0. The lowest BCUT2D eigenvalue weighted by Gasteiger charge is -2.47. The van der Waals surface area contributed by atoms with Crippen LogP contribution in [-0.4, -0.2) is 11.2 Å². The molecule has 2 bridgehead atoms. The van der Waals surface area contributed by atoms with Crippen LogP contribution >= 0.6 is 0 Å². The minimum Gasteiger partial charge on any atom is -0.393 e. The van der Waals surface area contributed by atoms with Gasteiger partial charge in [0.25, 0.3) is 0 Å². The molecule has 0 heterocycles. The SMILES string of the molecule is CC1CC2C1CC(C)C1C(O)C2C2CC21. The zero-order valence-corrected chi connectivity index (χ0v) is 9.76. The monoisotopic (exact) mass is 206 g/mol. The Hall–Kier alpha value is -0.0400. The van der Waals surface area contributed by atoms with E-state index in [4.69, 9.17) is 0 Å². The van der Waals surface area contributed by atoms with E-state index in [9.17, 15) is 5.11 Å². The number of hydrogen-bond donors (Lipinski definition) is 1. The van der Waals surface area contributed by atoms with E-state index < -0.39 is 0 Å². The summed E-state index contributed by atoms with van der Waals surface area (Å²) < 4.78 is 0. The van der Waals surface area contributed by atoms with Crippen LogP contribution in [0.4, 0.5) is 0 Å². The van der Waals surface area contributed by atoms with E-state index in [-0.39, 0.29) is 6.10 Å². The first-order chi connectivity index (χ1) is 7.18. The van der Waals surface area contributed by atoms with Crippen LogP contribution in [-0.2, 0) is 0 Å². The molecule has 4 saturated carbocycles. The number of aliphatic hydroxyl groups is 1. The smallest absolute Gasteiger partial charge is 0.0607 e. The van der Waals surface area contributed by atoms with Crippen LogP contribution in [0.5, 0.6) is 0 Å². The molecule has 4 aliphatic carbocycles.